The van der Waals surface area contributed by atoms with Crippen LogP contribution < -0.4 is 0 Å². The van der Waals surface area contributed by atoms with E-state index in [4.69, 9.17) is 4.98 Å². The molecule has 1 aromatic carbocycles. The summed E-state index contributed by atoms with van der Waals surface area (Å²) < 4.78 is 0. The van der Waals surface area contributed by atoms with Gasteiger partial charge in [-0.3, -0.25) is 4.98 Å². The molecule has 2 aromatic rings. The molecule has 1 heteroatoms. The zero-order valence-corrected chi connectivity index (χ0v) is 16.5. The van der Waals surface area contributed by atoms with Gasteiger partial charge in [0, 0.05) is 12.1 Å². The van der Waals surface area contributed by atoms with Crippen molar-refractivity contribution >= 4 is 5.57 Å². The lowest BCUT2D eigenvalue weighted by molar-refractivity contribution is 0.538. The Kier molecular flexibility index (Phi) is 6.44. The van der Waals surface area contributed by atoms with Gasteiger partial charge in [-0.1, -0.05) is 74.7 Å². The first-order valence-electron chi connectivity index (χ1n) is 10.0. The lowest BCUT2D eigenvalue weighted by atomic mass is 10.00. The summed E-state index contributed by atoms with van der Waals surface area (Å²) in [5, 5.41) is 0. The van der Waals surface area contributed by atoms with Gasteiger partial charge in [-0.25, -0.2) is 0 Å². The normalized spacial score (nSPS) is 13.8. The molecule has 1 aliphatic carbocycles. The molecular formula is C25H31N. The highest BCUT2D eigenvalue weighted by molar-refractivity contribution is 5.69. The molecule has 0 aliphatic heterocycles. The molecule has 1 aromatic heterocycles. The van der Waals surface area contributed by atoms with E-state index in [2.05, 4.69) is 75.4 Å². The van der Waals surface area contributed by atoms with Gasteiger partial charge in [-0.05, 0) is 60.9 Å². The lowest BCUT2D eigenvalue weighted by Gasteiger charge is -2.08. The van der Waals surface area contributed by atoms with Gasteiger partial charge in [0.15, 0.2) is 0 Å². The molecule has 0 saturated heterocycles. The van der Waals surface area contributed by atoms with Crippen LogP contribution in [0.15, 0.2) is 60.2 Å². The van der Waals surface area contributed by atoms with E-state index in [0.29, 0.717) is 0 Å². The van der Waals surface area contributed by atoms with Gasteiger partial charge in [0.2, 0.25) is 0 Å². The summed E-state index contributed by atoms with van der Waals surface area (Å²) in [6.45, 7) is 6.79. The number of aryl methyl sites for hydroxylation is 1. The number of aromatic nitrogens is 1. The molecule has 0 spiro atoms. The fourth-order valence-corrected chi connectivity index (χ4v) is 3.58. The third-order valence-electron chi connectivity index (χ3n) is 5.05. The minimum Gasteiger partial charge on any atom is -0.253 e. The molecule has 1 nitrogen and oxygen atoms in total. The maximum absolute atomic E-state index is 4.91. The highest BCUT2D eigenvalue weighted by atomic mass is 14.7. The second-order valence-corrected chi connectivity index (χ2v) is 8.03. The summed E-state index contributed by atoms with van der Waals surface area (Å²) in [6.07, 6.45) is 11.5. The number of hydrogen-bond acceptors (Lipinski definition) is 1. The second-order valence-electron chi connectivity index (χ2n) is 8.03. The summed E-state index contributed by atoms with van der Waals surface area (Å²) in [5.41, 5.74) is 7.86. The van der Waals surface area contributed by atoms with Crippen molar-refractivity contribution in [2.45, 2.75) is 59.3 Å². The van der Waals surface area contributed by atoms with Crippen LogP contribution in [0, 0.1) is 5.92 Å². The van der Waals surface area contributed by atoms with Crippen molar-refractivity contribution in [2.75, 3.05) is 0 Å². The number of allylic oxidation sites excluding steroid dienone is 4. The summed E-state index contributed by atoms with van der Waals surface area (Å²) in [4.78, 5) is 4.91. The molecule has 26 heavy (non-hydrogen) atoms. The first-order chi connectivity index (χ1) is 12.6. The molecule has 0 radical (unpaired) electrons. The number of nitrogens with zero attached hydrogens (tertiary/aromatic N) is 1. The molecule has 0 atom stereocenters. The number of rotatable bonds is 8. The van der Waals surface area contributed by atoms with E-state index in [9.17, 15) is 0 Å². The van der Waals surface area contributed by atoms with Gasteiger partial charge in [-0.2, -0.15) is 0 Å². The predicted molar refractivity (Wildman–Crippen MR) is 112 cm³/mol. The van der Waals surface area contributed by atoms with Crippen molar-refractivity contribution in [3.05, 3.63) is 82.7 Å². The molecule has 1 heterocycles. The van der Waals surface area contributed by atoms with Crippen LogP contribution in [0.5, 0.6) is 0 Å². The van der Waals surface area contributed by atoms with Crippen LogP contribution in [-0.2, 0) is 12.8 Å². The molecular weight excluding hydrogens is 314 g/mol. The van der Waals surface area contributed by atoms with Gasteiger partial charge < -0.3 is 0 Å². The molecule has 136 valence electrons. The molecule has 0 unspecified atom stereocenters. The minimum atomic E-state index is 0.814. The van der Waals surface area contributed by atoms with E-state index >= 15 is 0 Å². The van der Waals surface area contributed by atoms with E-state index in [-0.39, 0.29) is 0 Å². The molecule has 0 N–H and O–H groups in total. The number of benzene rings is 1. The SMILES string of the molecule is CC1=CC=C(c2cccc(Cc3cccc(CCCCC(C)C)c3)n2)C1. The average molecular weight is 346 g/mol. The first-order valence-corrected chi connectivity index (χ1v) is 10.0. The lowest BCUT2D eigenvalue weighted by Crippen LogP contribution is -1.97. The highest BCUT2D eigenvalue weighted by Gasteiger charge is 2.09. The van der Waals surface area contributed by atoms with E-state index in [1.807, 2.05) is 0 Å². The van der Waals surface area contributed by atoms with Gasteiger partial charge in [0.1, 0.15) is 0 Å². The van der Waals surface area contributed by atoms with Crippen LogP contribution in [0.1, 0.15) is 69.0 Å². The van der Waals surface area contributed by atoms with Crippen molar-refractivity contribution in [1.82, 2.24) is 4.98 Å². The largest absolute Gasteiger partial charge is 0.253 e. The van der Waals surface area contributed by atoms with Crippen molar-refractivity contribution < 1.29 is 0 Å². The van der Waals surface area contributed by atoms with Gasteiger partial charge in [-0.15, -0.1) is 0 Å². The molecule has 0 fully saturated rings. The Balaban J connectivity index is 1.61. The zero-order valence-electron chi connectivity index (χ0n) is 16.5. The van der Waals surface area contributed by atoms with Crippen LogP contribution in [0.2, 0.25) is 0 Å². The van der Waals surface area contributed by atoms with Crippen molar-refractivity contribution in [2.24, 2.45) is 5.92 Å². The van der Waals surface area contributed by atoms with Gasteiger partial charge in [0.25, 0.3) is 0 Å². The Bertz CT molecular complexity index is 795. The monoisotopic (exact) mass is 345 g/mol. The topological polar surface area (TPSA) is 12.9 Å². The summed E-state index contributed by atoms with van der Waals surface area (Å²) in [7, 11) is 0. The van der Waals surface area contributed by atoms with Crippen LogP contribution in [0.4, 0.5) is 0 Å². The van der Waals surface area contributed by atoms with Crippen LogP contribution in [-0.4, -0.2) is 4.98 Å². The first kappa shape index (κ1) is 18.6. The van der Waals surface area contributed by atoms with Crippen LogP contribution >= 0.6 is 0 Å². The molecule has 1 aliphatic rings. The van der Waals surface area contributed by atoms with Crippen molar-refractivity contribution in [1.29, 1.82) is 0 Å². The summed E-state index contributed by atoms with van der Waals surface area (Å²) in [6, 6.07) is 15.5. The summed E-state index contributed by atoms with van der Waals surface area (Å²) in [5.74, 6) is 0.814. The number of pyridine rings is 1. The molecule has 0 saturated carbocycles. The van der Waals surface area contributed by atoms with Crippen molar-refractivity contribution in [3.8, 4) is 0 Å². The van der Waals surface area contributed by atoms with Crippen LogP contribution in [0.3, 0.4) is 0 Å². The third-order valence-corrected chi connectivity index (χ3v) is 5.05. The Hall–Kier alpha value is -2.15. The zero-order chi connectivity index (χ0) is 18.4. The van der Waals surface area contributed by atoms with Crippen molar-refractivity contribution in [3.63, 3.8) is 0 Å². The quantitative estimate of drug-likeness (QED) is 0.481. The number of hydrogen-bond donors (Lipinski definition) is 0. The minimum absolute atomic E-state index is 0.814. The third kappa shape index (κ3) is 5.42. The maximum atomic E-state index is 4.91. The fraction of sp³-hybridized carbons (Fsp3) is 0.400. The standard InChI is InChI=1S/C25H31N/c1-19(2)8-4-5-9-21-10-6-11-22(17-21)18-24-12-7-13-25(26-24)23-15-14-20(3)16-23/h6-7,10-15,17,19H,4-5,8-9,16,18H2,1-3H3. The Morgan fingerprint density at radius 2 is 1.77 bits per heavy atom. The molecule has 0 amide bonds. The summed E-state index contributed by atoms with van der Waals surface area (Å²) >= 11 is 0. The van der Waals surface area contributed by atoms with Crippen LogP contribution in [0.25, 0.3) is 5.57 Å². The van der Waals surface area contributed by atoms with Gasteiger partial charge >= 0.3 is 0 Å². The maximum Gasteiger partial charge on any atom is 0.0668 e. The fourth-order valence-electron chi connectivity index (χ4n) is 3.58. The van der Waals surface area contributed by atoms with E-state index in [1.165, 1.54) is 48.0 Å². The number of unbranched alkanes of at least 4 members (excludes halogenated alkanes) is 1. The highest BCUT2D eigenvalue weighted by Crippen LogP contribution is 2.26. The Morgan fingerprint density at radius 1 is 0.962 bits per heavy atom. The predicted octanol–water partition coefficient (Wildman–Crippen LogP) is 6.77. The van der Waals surface area contributed by atoms with Gasteiger partial charge in [0.05, 0.1) is 5.69 Å². The Labute approximate surface area is 158 Å². The second kappa shape index (κ2) is 8.98. The molecule has 0 bridgehead atoms. The average Bonchev–Trinajstić information content (AvgIpc) is 3.06. The molecule has 3 rings (SSSR count). The smallest absolute Gasteiger partial charge is 0.0668 e. The van der Waals surface area contributed by atoms with E-state index in [1.54, 1.807) is 0 Å². The van der Waals surface area contributed by atoms with E-state index in [0.717, 1.165) is 30.1 Å². The Morgan fingerprint density at radius 3 is 2.54 bits per heavy atom. The van der Waals surface area contributed by atoms with E-state index < -0.39 is 0 Å².